The van der Waals surface area contributed by atoms with E-state index in [1.54, 1.807) is 0 Å². The summed E-state index contributed by atoms with van der Waals surface area (Å²) in [6.45, 7) is 3.47. The van der Waals surface area contributed by atoms with Crippen molar-refractivity contribution >= 4 is 35.4 Å². The van der Waals surface area contributed by atoms with Gasteiger partial charge in [-0.15, -0.1) is 0 Å². The molecule has 54 heavy (non-hydrogen) atoms. The molecule has 15 heteroatoms. The van der Waals surface area contributed by atoms with E-state index in [-0.39, 0.29) is 72.8 Å². The van der Waals surface area contributed by atoms with Gasteiger partial charge < -0.3 is 49.1 Å². The van der Waals surface area contributed by atoms with Crippen LogP contribution in [0.5, 0.6) is 0 Å². The predicted octanol–water partition coefficient (Wildman–Crippen LogP) is 2.04. The Kier molecular flexibility index (Phi) is 29.8. The van der Waals surface area contributed by atoms with Gasteiger partial charge in [-0.1, -0.05) is 19.3 Å². The lowest BCUT2D eigenvalue weighted by atomic mass is 10.00. The summed E-state index contributed by atoms with van der Waals surface area (Å²) >= 11 is 0. The highest BCUT2D eigenvalue weighted by Gasteiger charge is 2.25. The van der Waals surface area contributed by atoms with Crippen molar-refractivity contribution in [1.82, 2.24) is 31.9 Å². The summed E-state index contributed by atoms with van der Waals surface area (Å²) < 4.78 is 0. The number of unbranched alkanes of at least 4 members (excludes halogenated alkanes) is 9. The van der Waals surface area contributed by atoms with Crippen molar-refractivity contribution in [2.75, 3.05) is 39.3 Å². The van der Waals surface area contributed by atoms with Gasteiger partial charge in [0.25, 0.3) is 0 Å². The first kappa shape index (κ1) is 48.7. The molecule has 1 saturated heterocycles. The standard InChI is InChI=1S/C39H75N9O6/c40-22-10-1-4-19-34(49)43-25-13-7-16-31-28-37(52)47-33(18-9-15-27-45-36(51)21-6-3-12-24-42)30-39(54)48-32(29-38(53)46-31)17-8-14-26-44-35(50)20-5-2-11-23-41/h31-33H,1-30,40-42H2,(H,43,49)(H,44,50)(H,45,51)(H,46,53)(H,47,52)(H,48,54). The Hall–Kier alpha value is -3.30. The molecule has 0 saturated carbocycles. The zero-order valence-corrected chi connectivity index (χ0v) is 33.1. The fraction of sp³-hybridized carbons (Fsp3) is 0.846. The first-order valence-electron chi connectivity index (χ1n) is 20.9. The minimum Gasteiger partial charge on any atom is -0.356 e. The summed E-state index contributed by atoms with van der Waals surface area (Å²) in [6, 6.07) is -1.16. The second kappa shape index (κ2) is 33.1. The molecule has 0 aliphatic carbocycles. The van der Waals surface area contributed by atoms with Crippen molar-refractivity contribution in [1.29, 1.82) is 0 Å². The van der Waals surface area contributed by atoms with Crippen molar-refractivity contribution < 1.29 is 28.8 Å². The van der Waals surface area contributed by atoms with Gasteiger partial charge in [0.1, 0.15) is 0 Å². The van der Waals surface area contributed by atoms with E-state index in [1.165, 1.54) is 0 Å². The van der Waals surface area contributed by atoms with E-state index in [0.29, 0.717) is 97.1 Å². The lowest BCUT2D eigenvalue weighted by Gasteiger charge is -2.26. The maximum absolute atomic E-state index is 13.2. The van der Waals surface area contributed by atoms with Gasteiger partial charge in [0.2, 0.25) is 35.4 Å². The molecule has 1 aliphatic rings. The van der Waals surface area contributed by atoms with E-state index in [4.69, 9.17) is 17.2 Å². The monoisotopic (exact) mass is 766 g/mol. The maximum atomic E-state index is 13.2. The Morgan fingerprint density at radius 3 is 0.963 bits per heavy atom. The van der Waals surface area contributed by atoms with E-state index in [9.17, 15) is 28.8 Å². The lowest BCUT2D eigenvalue weighted by Crippen LogP contribution is -2.48. The second-order valence-electron chi connectivity index (χ2n) is 14.7. The summed E-state index contributed by atoms with van der Waals surface area (Å²) in [7, 11) is 0. The number of nitrogens with one attached hydrogen (secondary N) is 6. The molecular weight excluding hydrogens is 690 g/mol. The van der Waals surface area contributed by atoms with E-state index < -0.39 is 0 Å². The van der Waals surface area contributed by atoms with Crippen LogP contribution in [-0.2, 0) is 28.8 Å². The molecule has 6 amide bonds. The van der Waals surface area contributed by atoms with Crippen molar-refractivity contribution in [3.63, 3.8) is 0 Å². The number of hydrogen-bond acceptors (Lipinski definition) is 9. The third-order valence-electron chi connectivity index (χ3n) is 9.62. The Labute approximate surface area is 324 Å². The molecule has 0 bridgehead atoms. The van der Waals surface area contributed by atoms with Crippen LogP contribution in [0.15, 0.2) is 0 Å². The number of hydrogen-bond donors (Lipinski definition) is 9. The van der Waals surface area contributed by atoms with Gasteiger partial charge >= 0.3 is 0 Å². The number of rotatable bonds is 30. The summed E-state index contributed by atoms with van der Waals surface area (Å²) in [4.78, 5) is 76.1. The third-order valence-corrected chi connectivity index (χ3v) is 9.62. The number of amides is 6. The average Bonchev–Trinajstić information content (AvgIpc) is 3.12. The van der Waals surface area contributed by atoms with Crippen LogP contribution in [0.25, 0.3) is 0 Å². The SMILES string of the molecule is NCCCCCC(=O)NCCCCC1CC(=O)NC(CCCCNC(=O)CCCCCN)CC(=O)NC(CCCCNC(=O)CCCCCN)CC(=O)N1. The third kappa shape index (κ3) is 28.2. The zero-order valence-electron chi connectivity index (χ0n) is 33.1. The normalized spacial score (nSPS) is 18.1. The van der Waals surface area contributed by atoms with Crippen LogP contribution in [0.4, 0.5) is 0 Å². The van der Waals surface area contributed by atoms with Crippen molar-refractivity contribution in [2.24, 2.45) is 17.2 Å². The molecule has 0 aromatic rings. The number of carbonyl (C=O) groups is 6. The fourth-order valence-corrected chi connectivity index (χ4v) is 6.52. The summed E-state index contributed by atoms with van der Waals surface area (Å²) in [6.07, 6.45) is 15.7. The molecule has 0 aromatic heterocycles. The van der Waals surface area contributed by atoms with Crippen LogP contribution in [0.2, 0.25) is 0 Å². The molecule has 312 valence electrons. The van der Waals surface area contributed by atoms with E-state index in [1.807, 2.05) is 0 Å². The predicted molar refractivity (Wildman–Crippen MR) is 213 cm³/mol. The van der Waals surface area contributed by atoms with Crippen molar-refractivity contribution in [2.45, 2.75) is 172 Å². The molecule has 0 aromatic carbocycles. The highest BCUT2D eigenvalue weighted by Crippen LogP contribution is 2.13. The topological polar surface area (TPSA) is 253 Å². The molecule has 12 N–H and O–H groups in total. The van der Waals surface area contributed by atoms with Gasteiger partial charge in [-0.25, -0.2) is 0 Å². The van der Waals surface area contributed by atoms with Gasteiger partial charge in [-0.2, -0.15) is 0 Å². The van der Waals surface area contributed by atoms with Crippen LogP contribution >= 0.6 is 0 Å². The molecule has 0 spiro atoms. The van der Waals surface area contributed by atoms with Gasteiger partial charge in [0.15, 0.2) is 0 Å². The van der Waals surface area contributed by atoms with E-state index >= 15 is 0 Å². The highest BCUT2D eigenvalue weighted by molar-refractivity contribution is 5.83. The Bertz CT molecular complexity index is 911. The largest absolute Gasteiger partial charge is 0.356 e. The molecule has 3 atom stereocenters. The minimum absolute atomic E-state index is 0.0197. The quantitative estimate of drug-likeness (QED) is 0.0485. The van der Waals surface area contributed by atoms with Crippen LogP contribution in [-0.4, -0.2) is 92.8 Å². The lowest BCUT2D eigenvalue weighted by molar-refractivity contribution is -0.127. The zero-order chi connectivity index (χ0) is 39.7. The highest BCUT2D eigenvalue weighted by atomic mass is 16.2. The van der Waals surface area contributed by atoms with Gasteiger partial charge in [-0.3, -0.25) is 28.8 Å². The Balaban J connectivity index is 2.75. The summed E-state index contributed by atoms with van der Waals surface area (Å²) in [5.41, 5.74) is 16.6. The Morgan fingerprint density at radius 2 is 0.704 bits per heavy atom. The second-order valence-corrected chi connectivity index (χ2v) is 14.7. The van der Waals surface area contributed by atoms with Crippen LogP contribution in [0, 0.1) is 0 Å². The van der Waals surface area contributed by atoms with Crippen LogP contribution < -0.4 is 49.1 Å². The molecule has 0 radical (unpaired) electrons. The van der Waals surface area contributed by atoms with Gasteiger partial charge in [0, 0.05) is 76.3 Å². The average molecular weight is 766 g/mol. The first-order valence-corrected chi connectivity index (χ1v) is 20.9. The van der Waals surface area contributed by atoms with Crippen LogP contribution in [0.3, 0.4) is 0 Å². The molecule has 1 heterocycles. The van der Waals surface area contributed by atoms with E-state index in [2.05, 4.69) is 31.9 Å². The number of nitrogens with two attached hydrogens (primary N) is 3. The summed E-state index contributed by atoms with van der Waals surface area (Å²) in [5.74, 6) is -0.626. The van der Waals surface area contributed by atoms with Gasteiger partial charge in [0.05, 0.1) is 0 Å². The van der Waals surface area contributed by atoms with Crippen molar-refractivity contribution in [3.05, 3.63) is 0 Å². The van der Waals surface area contributed by atoms with Crippen molar-refractivity contribution in [3.8, 4) is 0 Å². The fourth-order valence-electron chi connectivity index (χ4n) is 6.52. The summed E-state index contributed by atoms with van der Waals surface area (Å²) in [5, 5.41) is 18.0. The molecular formula is C39H75N9O6. The Morgan fingerprint density at radius 1 is 0.426 bits per heavy atom. The number of carbonyl (C=O) groups excluding carboxylic acids is 6. The molecule has 1 fully saturated rings. The minimum atomic E-state index is -0.388. The molecule has 1 aliphatic heterocycles. The maximum Gasteiger partial charge on any atom is 0.222 e. The molecule has 1 rings (SSSR count). The van der Waals surface area contributed by atoms with Gasteiger partial charge in [-0.05, 0) is 116 Å². The smallest absolute Gasteiger partial charge is 0.222 e. The molecule has 15 nitrogen and oxygen atoms in total. The van der Waals surface area contributed by atoms with E-state index in [0.717, 1.165) is 77.0 Å². The van der Waals surface area contributed by atoms with Crippen LogP contribution in [0.1, 0.15) is 154 Å². The molecule has 3 unspecified atom stereocenters. The first-order chi connectivity index (χ1) is 26.2.